The molecule has 1 aliphatic heterocycles. The highest BCUT2D eigenvalue weighted by Crippen LogP contribution is 2.17. The molecule has 6 heteroatoms. The third-order valence-corrected chi connectivity index (χ3v) is 4.19. The number of nitrogens with zero attached hydrogens (tertiary/aromatic N) is 2. The zero-order valence-corrected chi connectivity index (χ0v) is 11.9. The molecular weight excluding hydrogens is 268 g/mol. The molecule has 0 bridgehead atoms. The second-order valence-corrected chi connectivity index (χ2v) is 5.51. The summed E-state index contributed by atoms with van der Waals surface area (Å²) in [5.74, 6) is -0.0306. The average Bonchev–Trinajstić information content (AvgIpc) is 2.83. The van der Waals surface area contributed by atoms with Crippen molar-refractivity contribution in [2.45, 2.75) is 31.8 Å². The van der Waals surface area contributed by atoms with Crippen LogP contribution in [0.4, 0.5) is 0 Å². The van der Waals surface area contributed by atoms with Crippen LogP contribution < -0.4 is 11.4 Å². The molecule has 1 unspecified atom stereocenters. The molecule has 0 aliphatic carbocycles. The number of H-pyrrole nitrogens is 1. The van der Waals surface area contributed by atoms with Crippen molar-refractivity contribution in [3.05, 3.63) is 34.7 Å². The van der Waals surface area contributed by atoms with E-state index in [1.165, 1.54) is 4.57 Å². The smallest absolute Gasteiger partial charge is 0.326 e. The number of carbonyl (C=O) groups excluding carboxylic acids is 1. The minimum absolute atomic E-state index is 0.0306. The van der Waals surface area contributed by atoms with Gasteiger partial charge in [-0.3, -0.25) is 9.36 Å². The van der Waals surface area contributed by atoms with Crippen LogP contribution in [0, 0.1) is 0 Å². The Bertz CT molecular complexity index is 703. The molecule has 1 aliphatic rings. The lowest BCUT2D eigenvalue weighted by atomic mass is 10.0. The molecule has 2 aromatic rings. The fourth-order valence-electron chi connectivity index (χ4n) is 3.06. The monoisotopic (exact) mass is 288 g/mol. The Hall–Kier alpha value is -2.08. The zero-order chi connectivity index (χ0) is 14.8. The number of carbonyl (C=O) groups is 1. The lowest BCUT2D eigenvalue weighted by Gasteiger charge is -2.35. The molecule has 0 saturated carbocycles. The van der Waals surface area contributed by atoms with Crippen molar-refractivity contribution in [2.24, 2.45) is 5.73 Å². The first kappa shape index (κ1) is 13.9. The van der Waals surface area contributed by atoms with Crippen LogP contribution in [0.1, 0.15) is 19.3 Å². The van der Waals surface area contributed by atoms with Gasteiger partial charge in [0.05, 0.1) is 11.0 Å². The minimum atomic E-state index is -0.245. The zero-order valence-electron chi connectivity index (χ0n) is 11.9. The maximum atomic E-state index is 12.5. The van der Waals surface area contributed by atoms with Gasteiger partial charge in [0.25, 0.3) is 0 Å². The summed E-state index contributed by atoms with van der Waals surface area (Å²) in [4.78, 5) is 29.2. The molecule has 0 radical (unpaired) electrons. The van der Waals surface area contributed by atoms with Crippen molar-refractivity contribution < 1.29 is 4.79 Å². The standard InChI is InChI=1S/C15H20N4O2/c16-9-11-5-3-4-8-18(11)14(20)10-19-13-7-2-1-6-12(13)17-15(19)21/h1-2,6-7,11H,3-5,8-10,16H2,(H,17,21). The van der Waals surface area contributed by atoms with Crippen LogP contribution in [0.5, 0.6) is 0 Å². The number of likely N-dealkylation sites (tertiary alicyclic amines) is 1. The Morgan fingerprint density at radius 3 is 2.95 bits per heavy atom. The molecule has 1 atom stereocenters. The van der Waals surface area contributed by atoms with Crippen molar-refractivity contribution >= 4 is 16.9 Å². The lowest BCUT2D eigenvalue weighted by molar-refractivity contribution is -0.135. The van der Waals surface area contributed by atoms with Crippen molar-refractivity contribution in [2.75, 3.05) is 13.1 Å². The number of benzene rings is 1. The van der Waals surface area contributed by atoms with E-state index in [0.29, 0.717) is 6.54 Å². The highest BCUT2D eigenvalue weighted by atomic mass is 16.2. The molecule has 6 nitrogen and oxygen atoms in total. The number of nitrogens with two attached hydrogens (primary N) is 1. The second kappa shape index (κ2) is 5.73. The van der Waals surface area contributed by atoms with Crippen molar-refractivity contribution in [3.8, 4) is 0 Å². The third-order valence-electron chi connectivity index (χ3n) is 4.19. The average molecular weight is 288 g/mol. The number of amides is 1. The fraction of sp³-hybridized carbons (Fsp3) is 0.467. The summed E-state index contributed by atoms with van der Waals surface area (Å²) in [5, 5.41) is 0. The molecule has 1 fully saturated rings. The number of imidazole rings is 1. The van der Waals surface area contributed by atoms with Gasteiger partial charge in [0.15, 0.2) is 0 Å². The predicted molar refractivity (Wildman–Crippen MR) is 81.0 cm³/mol. The largest absolute Gasteiger partial charge is 0.337 e. The summed E-state index contributed by atoms with van der Waals surface area (Å²) in [6.07, 6.45) is 3.06. The lowest BCUT2D eigenvalue weighted by Crippen LogP contribution is -2.49. The van der Waals surface area contributed by atoms with Gasteiger partial charge < -0.3 is 15.6 Å². The number of para-hydroxylation sites is 2. The van der Waals surface area contributed by atoms with E-state index in [9.17, 15) is 9.59 Å². The summed E-state index contributed by atoms with van der Waals surface area (Å²) in [7, 11) is 0. The summed E-state index contributed by atoms with van der Waals surface area (Å²) in [6, 6.07) is 7.50. The SMILES string of the molecule is NCC1CCCCN1C(=O)Cn1c(=O)[nH]c2ccccc21. The molecule has 1 saturated heterocycles. The molecule has 21 heavy (non-hydrogen) atoms. The molecule has 3 N–H and O–H groups in total. The van der Waals surface area contributed by atoms with Gasteiger partial charge >= 0.3 is 5.69 Å². The third kappa shape index (κ3) is 2.58. The molecule has 0 spiro atoms. The number of aromatic amines is 1. The van der Waals surface area contributed by atoms with E-state index in [0.717, 1.165) is 36.8 Å². The van der Waals surface area contributed by atoms with Gasteiger partial charge in [-0.25, -0.2) is 4.79 Å². The Morgan fingerprint density at radius 1 is 1.33 bits per heavy atom. The number of nitrogens with one attached hydrogen (secondary N) is 1. The van der Waals surface area contributed by atoms with Crippen LogP contribution in [0.3, 0.4) is 0 Å². The minimum Gasteiger partial charge on any atom is -0.337 e. The molecule has 3 rings (SSSR count). The number of hydrogen-bond donors (Lipinski definition) is 2. The van der Waals surface area contributed by atoms with Crippen molar-refractivity contribution in [3.63, 3.8) is 0 Å². The van der Waals surface area contributed by atoms with Gasteiger partial charge in [-0.05, 0) is 31.4 Å². The van der Waals surface area contributed by atoms with Gasteiger partial charge in [-0.15, -0.1) is 0 Å². The van der Waals surface area contributed by atoms with E-state index in [1.54, 1.807) is 0 Å². The van der Waals surface area contributed by atoms with Gasteiger partial charge in [-0.2, -0.15) is 0 Å². The van der Waals surface area contributed by atoms with Crippen molar-refractivity contribution in [1.82, 2.24) is 14.5 Å². The number of aromatic nitrogens is 2. The fourth-order valence-corrected chi connectivity index (χ4v) is 3.06. The quantitative estimate of drug-likeness (QED) is 0.870. The molecule has 2 heterocycles. The van der Waals surface area contributed by atoms with Gasteiger partial charge in [0.1, 0.15) is 6.54 Å². The number of piperidine rings is 1. The number of hydrogen-bond acceptors (Lipinski definition) is 3. The van der Waals surface area contributed by atoms with E-state index < -0.39 is 0 Å². The van der Waals surface area contributed by atoms with Crippen molar-refractivity contribution in [1.29, 1.82) is 0 Å². The highest BCUT2D eigenvalue weighted by molar-refractivity contribution is 5.80. The first-order valence-electron chi connectivity index (χ1n) is 7.38. The van der Waals surface area contributed by atoms with Crippen LogP contribution in [0.2, 0.25) is 0 Å². The molecule has 1 aromatic carbocycles. The first-order valence-corrected chi connectivity index (χ1v) is 7.38. The van der Waals surface area contributed by atoms with Gasteiger partial charge in [0, 0.05) is 19.1 Å². The second-order valence-electron chi connectivity index (χ2n) is 5.51. The van der Waals surface area contributed by atoms with E-state index in [4.69, 9.17) is 5.73 Å². The number of rotatable bonds is 3. The van der Waals surface area contributed by atoms with Crippen LogP contribution in [-0.4, -0.2) is 39.5 Å². The summed E-state index contributed by atoms with van der Waals surface area (Å²) < 4.78 is 1.50. The maximum absolute atomic E-state index is 12.5. The predicted octanol–water partition coefficient (Wildman–Crippen LogP) is 0.669. The molecule has 112 valence electrons. The Morgan fingerprint density at radius 2 is 2.14 bits per heavy atom. The summed E-state index contributed by atoms with van der Waals surface area (Å²) in [5.41, 5.74) is 7.03. The van der Waals surface area contributed by atoms with Crippen LogP contribution in [0.25, 0.3) is 11.0 Å². The molecule has 1 aromatic heterocycles. The molecule has 1 amide bonds. The topological polar surface area (TPSA) is 84.1 Å². The molecular formula is C15H20N4O2. The summed E-state index contributed by atoms with van der Waals surface area (Å²) >= 11 is 0. The van der Waals surface area contributed by atoms with E-state index >= 15 is 0 Å². The Kier molecular flexibility index (Phi) is 3.79. The first-order chi connectivity index (χ1) is 10.2. The Labute approximate surface area is 122 Å². The highest BCUT2D eigenvalue weighted by Gasteiger charge is 2.26. The van der Waals surface area contributed by atoms with Crippen LogP contribution >= 0.6 is 0 Å². The maximum Gasteiger partial charge on any atom is 0.326 e. The Balaban J connectivity index is 1.86. The van der Waals surface area contributed by atoms with E-state index in [-0.39, 0.29) is 24.2 Å². The van der Waals surface area contributed by atoms with Gasteiger partial charge in [0.2, 0.25) is 5.91 Å². The normalized spacial score (nSPS) is 19.1. The van der Waals surface area contributed by atoms with Crippen LogP contribution in [0.15, 0.2) is 29.1 Å². The summed E-state index contributed by atoms with van der Waals surface area (Å²) in [6.45, 7) is 1.28. The van der Waals surface area contributed by atoms with E-state index in [1.807, 2.05) is 29.2 Å². The van der Waals surface area contributed by atoms with Crippen LogP contribution in [-0.2, 0) is 11.3 Å². The number of fused-ring (bicyclic) bond motifs is 1. The van der Waals surface area contributed by atoms with E-state index in [2.05, 4.69) is 4.98 Å². The van der Waals surface area contributed by atoms with Gasteiger partial charge in [-0.1, -0.05) is 12.1 Å².